The van der Waals surface area contributed by atoms with Crippen LogP contribution in [0.1, 0.15) is 11.7 Å². The Kier molecular flexibility index (Phi) is 4.28. The molecule has 2 unspecified atom stereocenters. The largest absolute Gasteiger partial charge is 0.480 e. The highest BCUT2D eigenvalue weighted by atomic mass is 35.5. The van der Waals surface area contributed by atoms with Crippen molar-refractivity contribution in [2.75, 3.05) is 13.7 Å². The summed E-state index contributed by atoms with van der Waals surface area (Å²) in [6, 6.07) is 1.43. The minimum atomic E-state index is -1.25. The van der Waals surface area contributed by atoms with Crippen LogP contribution in [0.4, 0.5) is 0 Å². The third kappa shape index (κ3) is 2.79. The molecule has 5 nitrogen and oxygen atoms in total. The van der Waals surface area contributed by atoms with Gasteiger partial charge in [0.2, 0.25) is 5.88 Å². The van der Waals surface area contributed by atoms with Crippen LogP contribution in [-0.2, 0) is 0 Å². The van der Waals surface area contributed by atoms with Crippen LogP contribution in [-0.4, -0.2) is 40.1 Å². The van der Waals surface area contributed by atoms with Gasteiger partial charge in [0.15, 0.2) is 0 Å². The van der Waals surface area contributed by atoms with Crippen LogP contribution < -0.4 is 4.74 Å². The Balaban J connectivity index is 2.92. The van der Waals surface area contributed by atoms with Gasteiger partial charge in [-0.2, -0.15) is 0 Å². The molecule has 0 aliphatic rings. The fourth-order valence-electron chi connectivity index (χ4n) is 1.07. The summed E-state index contributed by atoms with van der Waals surface area (Å²) in [6.45, 7) is -0.537. The van der Waals surface area contributed by atoms with Crippen molar-refractivity contribution in [3.8, 4) is 5.88 Å². The molecule has 0 saturated heterocycles. The topological polar surface area (TPSA) is 82.8 Å². The fourth-order valence-corrected chi connectivity index (χ4v) is 1.33. The molecular weight excluding hydrogens is 222 g/mol. The first-order valence-corrected chi connectivity index (χ1v) is 4.64. The van der Waals surface area contributed by atoms with Crippen molar-refractivity contribution in [1.29, 1.82) is 0 Å². The molecule has 0 amide bonds. The lowest BCUT2D eigenvalue weighted by Crippen LogP contribution is -2.22. The van der Waals surface area contributed by atoms with Gasteiger partial charge >= 0.3 is 0 Å². The Bertz CT molecular complexity index is 334. The number of aliphatic hydroxyl groups excluding tert-OH is 3. The average Bonchev–Trinajstić information content (AvgIpc) is 2.26. The van der Waals surface area contributed by atoms with Gasteiger partial charge in [0, 0.05) is 11.8 Å². The van der Waals surface area contributed by atoms with Crippen molar-refractivity contribution in [2.24, 2.45) is 0 Å². The summed E-state index contributed by atoms with van der Waals surface area (Å²) in [4.78, 5) is 3.83. The Morgan fingerprint density at radius 1 is 1.53 bits per heavy atom. The Labute approximate surface area is 91.9 Å². The Morgan fingerprint density at radius 3 is 2.67 bits per heavy atom. The van der Waals surface area contributed by atoms with Gasteiger partial charge in [0.05, 0.1) is 13.7 Å². The zero-order chi connectivity index (χ0) is 11.4. The van der Waals surface area contributed by atoms with Crippen molar-refractivity contribution in [3.63, 3.8) is 0 Å². The van der Waals surface area contributed by atoms with Crippen LogP contribution in [0.2, 0.25) is 5.02 Å². The summed E-state index contributed by atoms with van der Waals surface area (Å²) in [5.41, 5.74) is 0.322. The van der Waals surface area contributed by atoms with E-state index in [1.807, 2.05) is 0 Å². The van der Waals surface area contributed by atoms with E-state index in [1.54, 1.807) is 0 Å². The van der Waals surface area contributed by atoms with Crippen molar-refractivity contribution in [1.82, 2.24) is 4.98 Å². The van der Waals surface area contributed by atoms with E-state index in [4.69, 9.17) is 21.4 Å². The average molecular weight is 234 g/mol. The monoisotopic (exact) mass is 233 g/mol. The predicted molar refractivity (Wildman–Crippen MR) is 53.9 cm³/mol. The number of rotatable bonds is 4. The standard InChI is InChI=1S/C9H12ClNO4/c1-15-9-6(10)2-5(3-11-9)8(14)7(13)4-12/h2-3,7-8,12-14H,4H2,1H3. The van der Waals surface area contributed by atoms with E-state index in [2.05, 4.69) is 4.98 Å². The summed E-state index contributed by atoms with van der Waals surface area (Å²) < 4.78 is 4.83. The molecule has 0 saturated carbocycles. The smallest absolute Gasteiger partial charge is 0.232 e. The molecule has 1 rings (SSSR count). The molecule has 0 bridgehead atoms. The summed E-state index contributed by atoms with van der Waals surface area (Å²) in [6.07, 6.45) is -1.14. The highest BCUT2D eigenvalue weighted by molar-refractivity contribution is 6.31. The van der Waals surface area contributed by atoms with Gasteiger partial charge in [-0.3, -0.25) is 0 Å². The lowest BCUT2D eigenvalue weighted by atomic mass is 10.1. The van der Waals surface area contributed by atoms with Gasteiger partial charge in [-0.05, 0) is 6.07 Å². The summed E-state index contributed by atoms with van der Waals surface area (Å²) in [5.74, 6) is 0.242. The second kappa shape index (κ2) is 5.27. The molecule has 6 heteroatoms. The molecular formula is C9H12ClNO4. The molecule has 0 aromatic carbocycles. The van der Waals surface area contributed by atoms with E-state index in [0.717, 1.165) is 0 Å². The SMILES string of the molecule is COc1ncc(C(O)C(O)CO)cc1Cl. The first kappa shape index (κ1) is 12.2. The van der Waals surface area contributed by atoms with Crippen LogP contribution in [0, 0.1) is 0 Å². The maximum atomic E-state index is 9.53. The third-order valence-electron chi connectivity index (χ3n) is 1.91. The third-order valence-corrected chi connectivity index (χ3v) is 2.19. The van der Waals surface area contributed by atoms with Gasteiger partial charge in [-0.15, -0.1) is 0 Å². The van der Waals surface area contributed by atoms with Crippen molar-refractivity contribution in [2.45, 2.75) is 12.2 Å². The van der Waals surface area contributed by atoms with Crippen molar-refractivity contribution >= 4 is 11.6 Å². The molecule has 2 atom stereocenters. The first-order valence-electron chi connectivity index (χ1n) is 4.26. The highest BCUT2D eigenvalue weighted by Gasteiger charge is 2.18. The maximum Gasteiger partial charge on any atom is 0.232 e. The molecule has 84 valence electrons. The number of ether oxygens (including phenoxy) is 1. The van der Waals surface area contributed by atoms with Gasteiger partial charge in [-0.1, -0.05) is 11.6 Å². The van der Waals surface area contributed by atoms with Crippen LogP contribution in [0.15, 0.2) is 12.3 Å². The molecule has 0 aliphatic carbocycles. The maximum absolute atomic E-state index is 9.53. The molecule has 1 heterocycles. The Morgan fingerprint density at radius 2 is 2.20 bits per heavy atom. The second-order valence-corrected chi connectivity index (χ2v) is 3.36. The summed E-state index contributed by atoms with van der Waals surface area (Å²) in [5, 5.41) is 27.6. The van der Waals surface area contributed by atoms with E-state index in [1.165, 1.54) is 19.4 Å². The number of methoxy groups -OCH3 is 1. The number of hydrogen-bond donors (Lipinski definition) is 3. The summed E-state index contributed by atoms with van der Waals surface area (Å²) in [7, 11) is 1.42. The number of aliphatic hydroxyl groups is 3. The minimum Gasteiger partial charge on any atom is -0.480 e. The van der Waals surface area contributed by atoms with E-state index >= 15 is 0 Å². The number of hydrogen-bond acceptors (Lipinski definition) is 5. The number of aromatic nitrogens is 1. The summed E-state index contributed by atoms with van der Waals surface area (Å²) >= 11 is 5.78. The number of nitrogens with zero attached hydrogens (tertiary/aromatic N) is 1. The second-order valence-electron chi connectivity index (χ2n) is 2.95. The fraction of sp³-hybridized carbons (Fsp3) is 0.444. The van der Waals surface area contributed by atoms with Crippen LogP contribution in [0.25, 0.3) is 0 Å². The van der Waals surface area contributed by atoms with Crippen LogP contribution in [0.3, 0.4) is 0 Å². The quantitative estimate of drug-likeness (QED) is 0.689. The van der Waals surface area contributed by atoms with Gasteiger partial charge in [0.1, 0.15) is 17.2 Å². The van der Waals surface area contributed by atoms with Crippen LogP contribution in [0.5, 0.6) is 5.88 Å². The lowest BCUT2D eigenvalue weighted by molar-refractivity contribution is -0.0154. The van der Waals surface area contributed by atoms with E-state index in [0.29, 0.717) is 5.56 Å². The van der Waals surface area contributed by atoms with Crippen LogP contribution >= 0.6 is 11.6 Å². The first-order chi connectivity index (χ1) is 7.10. The highest BCUT2D eigenvalue weighted by Crippen LogP contribution is 2.25. The zero-order valence-corrected chi connectivity index (χ0v) is 8.85. The van der Waals surface area contributed by atoms with Gasteiger partial charge in [0.25, 0.3) is 0 Å². The minimum absolute atomic E-state index is 0.235. The zero-order valence-electron chi connectivity index (χ0n) is 8.09. The number of pyridine rings is 1. The van der Waals surface area contributed by atoms with Crippen molar-refractivity contribution in [3.05, 3.63) is 22.8 Å². The molecule has 1 aromatic rings. The van der Waals surface area contributed by atoms with Crippen molar-refractivity contribution < 1.29 is 20.1 Å². The van der Waals surface area contributed by atoms with E-state index in [-0.39, 0.29) is 10.9 Å². The van der Waals surface area contributed by atoms with E-state index in [9.17, 15) is 10.2 Å². The van der Waals surface area contributed by atoms with E-state index < -0.39 is 18.8 Å². The normalized spacial score (nSPS) is 14.7. The molecule has 3 N–H and O–H groups in total. The molecule has 1 aromatic heterocycles. The lowest BCUT2D eigenvalue weighted by Gasteiger charge is -2.16. The Hall–Kier alpha value is -0.880. The molecule has 0 fully saturated rings. The molecule has 0 spiro atoms. The molecule has 15 heavy (non-hydrogen) atoms. The van der Waals surface area contributed by atoms with Gasteiger partial charge in [-0.25, -0.2) is 4.98 Å². The van der Waals surface area contributed by atoms with Gasteiger partial charge < -0.3 is 20.1 Å². The predicted octanol–water partition coefficient (Wildman–Crippen LogP) is 0.130. The molecule has 0 radical (unpaired) electrons. The molecule has 0 aliphatic heterocycles. The number of halogens is 1.